The van der Waals surface area contributed by atoms with E-state index >= 15 is 0 Å². The molecule has 10 rings (SSSR count). The van der Waals surface area contributed by atoms with Crippen LogP contribution in [0, 0.1) is 13.8 Å². The molecular weight excluding hydrogens is 601 g/mol. The Labute approximate surface area is 253 Å². The van der Waals surface area contributed by atoms with E-state index in [0.717, 1.165) is 63.6 Å². The summed E-state index contributed by atoms with van der Waals surface area (Å²) in [5.41, 5.74) is 4.04. The molecule has 1 aliphatic heterocycles. The van der Waals surface area contributed by atoms with Crippen LogP contribution < -0.4 is 5.56 Å². The average Bonchev–Trinajstić information content (AvgIpc) is 3.80. The molecule has 42 heavy (non-hydrogen) atoms. The number of nitrogens with zero attached hydrogens (tertiary/aromatic N) is 4. The summed E-state index contributed by atoms with van der Waals surface area (Å²) in [5, 5.41) is 15.0. The van der Waals surface area contributed by atoms with E-state index < -0.39 is 6.23 Å². The lowest BCUT2D eigenvalue weighted by Gasteiger charge is -2.26. The molecular formula is C32H18N4O2S4. The van der Waals surface area contributed by atoms with Crippen molar-refractivity contribution in [3.05, 3.63) is 86.3 Å². The molecule has 0 bridgehead atoms. The van der Waals surface area contributed by atoms with Gasteiger partial charge in [-0.1, -0.05) is 12.1 Å². The van der Waals surface area contributed by atoms with Crippen LogP contribution in [0.3, 0.4) is 0 Å². The van der Waals surface area contributed by atoms with Crippen LogP contribution in [-0.4, -0.2) is 24.0 Å². The summed E-state index contributed by atoms with van der Waals surface area (Å²) in [6, 6.07) is 20.7. The van der Waals surface area contributed by atoms with Crippen molar-refractivity contribution in [1.29, 1.82) is 0 Å². The van der Waals surface area contributed by atoms with E-state index in [1.807, 2.05) is 28.8 Å². The minimum atomic E-state index is -0.911. The fourth-order valence-corrected chi connectivity index (χ4v) is 10.4. The molecule has 1 unspecified atom stereocenters. The van der Waals surface area contributed by atoms with Crippen molar-refractivity contribution in [3.63, 3.8) is 0 Å². The lowest BCUT2D eigenvalue weighted by Crippen LogP contribution is -2.18. The van der Waals surface area contributed by atoms with Gasteiger partial charge in [0.2, 0.25) is 0 Å². The summed E-state index contributed by atoms with van der Waals surface area (Å²) in [6.07, 6.45) is -0.911. The highest BCUT2D eigenvalue weighted by Crippen LogP contribution is 2.48. The lowest BCUT2D eigenvalue weighted by atomic mass is 9.91. The number of hydrogen-bond acceptors (Lipinski definition) is 8. The molecule has 1 atom stereocenters. The molecule has 0 aliphatic carbocycles. The number of thiophene rings is 4. The van der Waals surface area contributed by atoms with Gasteiger partial charge in [-0.05, 0) is 62.4 Å². The Bertz CT molecular complexity index is 2660. The Balaban J connectivity index is 1.23. The summed E-state index contributed by atoms with van der Waals surface area (Å²) in [4.78, 5) is 33.1. The number of rotatable bonds is 2. The van der Waals surface area contributed by atoms with Gasteiger partial charge in [0.15, 0.2) is 6.23 Å². The molecule has 0 saturated carbocycles. The summed E-state index contributed by atoms with van der Waals surface area (Å²) >= 11 is 6.78. The molecule has 2 aromatic carbocycles. The molecule has 10 heteroatoms. The van der Waals surface area contributed by atoms with Crippen LogP contribution in [-0.2, 0) is 0 Å². The highest BCUT2D eigenvalue weighted by molar-refractivity contribution is 7.26. The van der Waals surface area contributed by atoms with Crippen molar-refractivity contribution in [2.24, 2.45) is 0 Å². The maximum absolute atomic E-state index is 14.1. The first-order chi connectivity index (χ1) is 20.4. The third-order valence-electron chi connectivity index (χ3n) is 8.34. The standard InChI is InChI=1S/C32H18N4O2S4/c1-13-3-9-21(39-13)23-11-19-29(41-23)33-27-15-5-8-18-26-16(6-7-17(25(15)26)31(37)35(19)27)28-34-30-20(36(28)32(18)38)12-24(42-30)22-10-4-14(2)40-22/h3-12,31,37H,1-2H3. The fourth-order valence-electron chi connectivity index (χ4n) is 6.51. The van der Waals surface area contributed by atoms with Crippen LogP contribution in [0.2, 0.25) is 0 Å². The molecule has 9 aromatic rings. The molecule has 0 fully saturated rings. The van der Waals surface area contributed by atoms with E-state index in [-0.39, 0.29) is 5.56 Å². The normalized spacial score (nSPS) is 14.9. The number of aliphatic hydroxyl groups excluding tert-OH is 1. The Morgan fingerprint density at radius 2 is 1.38 bits per heavy atom. The van der Waals surface area contributed by atoms with E-state index in [1.54, 1.807) is 49.7 Å². The quantitative estimate of drug-likeness (QED) is 0.210. The van der Waals surface area contributed by atoms with Gasteiger partial charge in [-0.25, -0.2) is 9.97 Å². The van der Waals surface area contributed by atoms with Crippen molar-refractivity contribution >= 4 is 93.2 Å². The first-order valence-corrected chi connectivity index (χ1v) is 16.7. The second-order valence-corrected chi connectivity index (χ2v) is 15.4. The molecule has 1 N–H and O–H groups in total. The topological polar surface area (TPSA) is 72.4 Å². The van der Waals surface area contributed by atoms with Crippen LogP contribution in [0.25, 0.3) is 78.8 Å². The predicted molar refractivity (Wildman–Crippen MR) is 176 cm³/mol. The Morgan fingerprint density at radius 3 is 2.07 bits per heavy atom. The minimum absolute atomic E-state index is 0.0873. The van der Waals surface area contributed by atoms with E-state index in [4.69, 9.17) is 9.97 Å². The maximum Gasteiger partial charge on any atom is 0.264 e. The zero-order valence-corrected chi connectivity index (χ0v) is 25.4. The van der Waals surface area contributed by atoms with Gasteiger partial charge in [-0.2, -0.15) is 0 Å². The molecule has 0 amide bonds. The molecule has 8 heterocycles. The monoisotopic (exact) mass is 618 g/mol. The maximum atomic E-state index is 14.1. The van der Waals surface area contributed by atoms with Crippen molar-refractivity contribution in [3.8, 4) is 30.9 Å². The van der Waals surface area contributed by atoms with Gasteiger partial charge in [0.25, 0.3) is 5.56 Å². The summed E-state index contributed by atoms with van der Waals surface area (Å²) < 4.78 is 3.70. The minimum Gasteiger partial charge on any atom is -0.369 e. The number of aryl methyl sites for hydroxylation is 2. The number of benzene rings is 2. The number of pyridine rings is 1. The summed E-state index contributed by atoms with van der Waals surface area (Å²) in [6.45, 7) is 4.21. The number of aromatic nitrogens is 4. The smallest absolute Gasteiger partial charge is 0.264 e. The van der Waals surface area contributed by atoms with Crippen LogP contribution in [0.5, 0.6) is 0 Å². The Kier molecular flexibility index (Phi) is 4.45. The molecule has 0 saturated heterocycles. The van der Waals surface area contributed by atoms with Gasteiger partial charge in [0, 0.05) is 61.9 Å². The van der Waals surface area contributed by atoms with Gasteiger partial charge in [0.1, 0.15) is 21.1 Å². The van der Waals surface area contributed by atoms with Crippen molar-refractivity contribution in [2.75, 3.05) is 0 Å². The van der Waals surface area contributed by atoms with Gasteiger partial charge in [0.05, 0.1) is 11.0 Å². The second kappa shape index (κ2) is 7.91. The summed E-state index contributed by atoms with van der Waals surface area (Å²) in [5.74, 6) is 0.729. The largest absolute Gasteiger partial charge is 0.369 e. The summed E-state index contributed by atoms with van der Waals surface area (Å²) in [7, 11) is 0. The van der Waals surface area contributed by atoms with Crippen molar-refractivity contribution < 1.29 is 5.11 Å². The Morgan fingerprint density at radius 1 is 0.714 bits per heavy atom. The number of imidazole rings is 2. The van der Waals surface area contributed by atoms with Crippen molar-refractivity contribution in [2.45, 2.75) is 20.1 Å². The highest BCUT2D eigenvalue weighted by atomic mass is 32.1. The predicted octanol–water partition coefficient (Wildman–Crippen LogP) is 8.66. The lowest BCUT2D eigenvalue weighted by molar-refractivity contribution is 0.152. The van der Waals surface area contributed by atoms with Crippen LogP contribution in [0.4, 0.5) is 0 Å². The molecule has 7 aromatic heterocycles. The number of fused-ring (bicyclic) bond motifs is 8. The molecule has 6 nitrogen and oxygen atoms in total. The van der Waals surface area contributed by atoms with Gasteiger partial charge in [-0.15, -0.1) is 45.3 Å². The molecule has 1 aliphatic rings. The van der Waals surface area contributed by atoms with Gasteiger partial charge >= 0.3 is 0 Å². The van der Waals surface area contributed by atoms with Gasteiger partial charge < -0.3 is 5.11 Å². The second-order valence-electron chi connectivity index (χ2n) is 10.8. The van der Waals surface area contributed by atoms with E-state index in [2.05, 4.69) is 50.2 Å². The van der Waals surface area contributed by atoms with Crippen molar-refractivity contribution in [1.82, 2.24) is 18.9 Å². The first kappa shape index (κ1) is 23.6. The molecule has 202 valence electrons. The Hall–Kier alpha value is -3.93. The third-order valence-corrected chi connectivity index (χ3v) is 12.8. The first-order valence-electron chi connectivity index (χ1n) is 13.5. The molecule has 0 spiro atoms. The molecule has 0 radical (unpaired) electrons. The fraction of sp³-hybridized carbons (Fsp3) is 0.0938. The SMILES string of the molecule is Cc1ccc(-c2cc3c(nc4n3C(O)c3ccc5c6c3c-4ccc6c(=O)n3c4cc(-c6ccc(C)s6)sc4nc53)s2)s1. The third kappa shape index (κ3) is 2.88. The zero-order chi connectivity index (χ0) is 28.0. The van der Waals surface area contributed by atoms with Crippen LogP contribution in [0.1, 0.15) is 21.5 Å². The zero-order valence-electron chi connectivity index (χ0n) is 22.1. The highest BCUT2D eigenvalue weighted by Gasteiger charge is 2.32. The van der Waals surface area contributed by atoms with Crippen LogP contribution >= 0.6 is 45.3 Å². The van der Waals surface area contributed by atoms with E-state index in [9.17, 15) is 9.90 Å². The number of hydrogen-bond donors (Lipinski definition) is 1. The van der Waals surface area contributed by atoms with E-state index in [1.165, 1.54) is 19.5 Å². The number of aliphatic hydroxyl groups is 1. The van der Waals surface area contributed by atoms with E-state index in [0.29, 0.717) is 11.0 Å². The van der Waals surface area contributed by atoms with Gasteiger partial charge in [-0.3, -0.25) is 13.8 Å². The average molecular weight is 619 g/mol. The van der Waals surface area contributed by atoms with Crippen LogP contribution in [0.15, 0.2) is 65.5 Å².